The molecular weight excluding hydrogens is 228 g/mol. The zero-order chi connectivity index (χ0) is 13.1. The molecule has 0 unspecified atom stereocenters. The van der Waals surface area contributed by atoms with Gasteiger partial charge in [-0.3, -0.25) is 0 Å². The van der Waals surface area contributed by atoms with Crippen molar-refractivity contribution in [1.82, 2.24) is 0 Å². The molecule has 0 saturated heterocycles. The van der Waals surface area contributed by atoms with Crippen molar-refractivity contribution in [3.05, 3.63) is 35.1 Å². The third-order valence-corrected chi connectivity index (χ3v) is 2.87. The average Bonchev–Trinajstić information content (AvgIpc) is 2.67. The topological polar surface area (TPSA) is 39.4 Å². The number of hydrogen-bond acceptors (Lipinski definition) is 3. The van der Waals surface area contributed by atoms with Gasteiger partial charge in [0.2, 0.25) is 0 Å². The molecule has 1 heterocycles. The fraction of sp³-hybridized carbons (Fsp3) is 0.400. The highest BCUT2D eigenvalue weighted by Crippen LogP contribution is 2.28. The normalized spacial score (nSPS) is 10.8. The molecule has 3 heteroatoms. The van der Waals surface area contributed by atoms with Crippen molar-refractivity contribution < 1.29 is 13.9 Å². The Labute approximate surface area is 107 Å². The maximum absolute atomic E-state index is 12.0. The second-order valence-electron chi connectivity index (χ2n) is 4.37. The van der Waals surface area contributed by atoms with Gasteiger partial charge in [0.15, 0.2) is 0 Å². The molecule has 0 N–H and O–H groups in total. The molecule has 2 rings (SSSR count). The predicted molar refractivity (Wildman–Crippen MR) is 70.9 cm³/mol. The van der Waals surface area contributed by atoms with Gasteiger partial charge in [0.1, 0.15) is 16.9 Å². The maximum atomic E-state index is 12.0. The summed E-state index contributed by atoms with van der Waals surface area (Å²) < 4.78 is 10.9. The Balaban J connectivity index is 2.60. The first-order valence-electron chi connectivity index (χ1n) is 6.36. The molecule has 3 nitrogen and oxygen atoms in total. The second-order valence-corrected chi connectivity index (χ2v) is 4.37. The summed E-state index contributed by atoms with van der Waals surface area (Å²) in [7, 11) is 0. The molecule has 0 spiro atoms. The van der Waals surface area contributed by atoms with Crippen LogP contribution in [0.1, 0.15) is 41.9 Å². The van der Waals surface area contributed by atoms with Gasteiger partial charge in [0.05, 0.1) is 6.61 Å². The van der Waals surface area contributed by atoms with E-state index in [1.807, 2.05) is 32.0 Å². The highest BCUT2D eigenvalue weighted by molar-refractivity contribution is 6.04. The maximum Gasteiger partial charge on any atom is 0.342 e. The summed E-state index contributed by atoms with van der Waals surface area (Å²) in [5, 5.41) is 0.858. The number of rotatable bonds is 4. The summed E-state index contributed by atoms with van der Waals surface area (Å²) in [6.07, 6.45) is 1.69. The number of esters is 1. The summed E-state index contributed by atoms with van der Waals surface area (Å²) in [5.74, 6) is 0.446. The molecule has 0 atom stereocenters. The van der Waals surface area contributed by atoms with Gasteiger partial charge in [-0.25, -0.2) is 4.79 Å². The quantitative estimate of drug-likeness (QED) is 0.769. The largest absolute Gasteiger partial charge is 0.462 e. The van der Waals surface area contributed by atoms with E-state index in [1.54, 1.807) is 0 Å². The molecule has 18 heavy (non-hydrogen) atoms. The van der Waals surface area contributed by atoms with Crippen LogP contribution in [-0.2, 0) is 11.2 Å². The molecule has 96 valence electrons. The number of carbonyl (C=O) groups is 1. The molecular formula is C15H18O3. The first-order valence-corrected chi connectivity index (χ1v) is 6.36. The van der Waals surface area contributed by atoms with Gasteiger partial charge >= 0.3 is 5.97 Å². The van der Waals surface area contributed by atoms with Crippen LogP contribution in [-0.4, -0.2) is 12.6 Å². The van der Waals surface area contributed by atoms with Crippen molar-refractivity contribution >= 4 is 16.9 Å². The van der Waals surface area contributed by atoms with E-state index in [-0.39, 0.29) is 5.97 Å². The zero-order valence-electron chi connectivity index (χ0n) is 11.1. The van der Waals surface area contributed by atoms with E-state index in [0.717, 1.165) is 35.1 Å². The number of furan rings is 1. The molecule has 0 bridgehead atoms. The van der Waals surface area contributed by atoms with Crippen LogP contribution < -0.4 is 0 Å². The molecule has 0 saturated carbocycles. The van der Waals surface area contributed by atoms with E-state index >= 15 is 0 Å². The van der Waals surface area contributed by atoms with Crippen molar-refractivity contribution in [1.29, 1.82) is 0 Å². The van der Waals surface area contributed by atoms with Gasteiger partial charge in [0, 0.05) is 11.8 Å². The van der Waals surface area contributed by atoms with E-state index in [4.69, 9.17) is 9.15 Å². The SMILES string of the molecule is CCCc1oc2ccc(C)cc2c1C(=O)OCC. The third-order valence-electron chi connectivity index (χ3n) is 2.87. The lowest BCUT2D eigenvalue weighted by Gasteiger charge is -2.02. The van der Waals surface area contributed by atoms with E-state index < -0.39 is 0 Å². The first kappa shape index (κ1) is 12.7. The Morgan fingerprint density at radius 3 is 2.78 bits per heavy atom. The molecule has 0 aliphatic rings. The number of hydrogen-bond donors (Lipinski definition) is 0. The van der Waals surface area contributed by atoms with Crippen LogP contribution >= 0.6 is 0 Å². The lowest BCUT2D eigenvalue weighted by atomic mass is 10.1. The predicted octanol–water partition coefficient (Wildman–Crippen LogP) is 3.87. The minimum absolute atomic E-state index is 0.287. The van der Waals surface area contributed by atoms with Crippen molar-refractivity contribution in [2.75, 3.05) is 6.61 Å². The summed E-state index contributed by atoms with van der Waals surface area (Å²) in [6, 6.07) is 5.87. The Hall–Kier alpha value is -1.77. The van der Waals surface area contributed by atoms with Crippen molar-refractivity contribution in [2.24, 2.45) is 0 Å². The lowest BCUT2D eigenvalue weighted by molar-refractivity contribution is 0.0526. The van der Waals surface area contributed by atoms with E-state index in [0.29, 0.717) is 12.2 Å². The number of ether oxygens (including phenoxy) is 1. The van der Waals surface area contributed by atoms with E-state index in [9.17, 15) is 4.79 Å². The molecule has 1 aromatic heterocycles. The highest BCUT2D eigenvalue weighted by Gasteiger charge is 2.21. The molecule has 0 aliphatic heterocycles. The number of aryl methyl sites for hydroxylation is 2. The van der Waals surface area contributed by atoms with Gasteiger partial charge in [-0.15, -0.1) is 0 Å². The molecule has 0 fully saturated rings. The van der Waals surface area contributed by atoms with Gasteiger partial charge < -0.3 is 9.15 Å². The Kier molecular flexibility index (Phi) is 3.70. The molecule has 1 aromatic carbocycles. The minimum atomic E-state index is -0.287. The highest BCUT2D eigenvalue weighted by atomic mass is 16.5. The third kappa shape index (κ3) is 2.26. The Morgan fingerprint density at radius 1 is 1.33 bits per heavy atom. The Morgan fingerprint density at radius 2 is 2.11 bits per heavy atom. The second kappa shape index (κ2) is 5.25. The van der Waals surface area contributed by atoms with Crippen LogP contribution in [0.2, 0.25) is 0 Å². The molecule has 0 radical (unpaired) electrons. The van der Waals surface area contributed by atoms with Crippen molar-refractivity contribution in [3.8, 4) is 0 Å². The van der Waals surface area contributed by atoms with Crippen LogP contribution in [0.25, 0.3) is 11.0 Å². The van der Waals surface area contributed by atoms with Crippen LogP contribution in [0.15, 0.2) is 22.6 Å². The first-order chi connectivity index (χ1) is 8.67. The Bertz CT molecular complexity index is 566. The summed E-state index contributed by atoms with van der Waals surface area (Å²) in [4.78, 5) is 12.0. The number of carbonyl (C=O) groups excluding carboxylic acids is 1. The fourth-order valence-corrected chi connectivity index (χ4v) is 2.09. The molecule has 0 aliphatic carbocycles. The van der Waals surface area contributed by atoms with Crippen LogP contribution in [0.4, 0.5) is 0 Å². The van der Waals surface area contributed by atoms with E-state index in [1.165, 1.54) is 0 Å². The van der Waals surface area contributed by atoms with Gasteiger partial charge in [-0.2, -0.15) is 0 Å². The summed E-state index contributed by atoms with van der Waals surface area (Å²) in [5.41, 5.74) is 2.46. The van der Waals surface area contributed by atoms with Crippen LogP contribution in [0.3, 0.4) is 0 Å². The number of fused-ring (bicyclic) bond motifs is 1. The van der Waals surface area contributed by atoms with Gasteiger partial charge in [-0.05, 0) is 32.4 Å². The number of benzene rings is 1. The minimum Gasteiger partial charge on any atom is -0.462 e. The smallest absolute Gasteiger partial charge is 0.342 e. The standard InChI is InChI=1S/C15H18O3/c1-4-6-13-14(15(16)17-5-2)11-9-10(3)7-8-12(11)18-13/h7-9H,4-6H2,1-3H3. The van der Waals surface area contributed by atoms with E-state index in [2.05, 4.69) is 6.92 Å². The fourth-order valence-electron chi connectivity index (χ4n) is 2.09. The molecule has 0 amide bonds. The van der Waals surface area contributed by atoms with Crippen LogP contribution in [0.5, 0.6) is 0 Å². The van der Waals surface area contributed by atoms with Gasteiger partial charge in [-0.1, -0.05) is 18.6 Å². The lowest BCUT2D eigenvalue weighted by Crippen LogP contribution is -2.06. The van der Waals surface area contributed by atoms with Crippen molar-refractivity contribution in [3.63, 3.8) is 0 Å². The monoisotopic (exact) mass is 246 g/mol. The zero-order valence-corrected chi connectivity index (χ0v) is 11.1. The summed E-state index contributed by atoms with van der Waals surface area (Å²) >= 11 is 0. The molecule has 2 aromatic rings. The van der Waals surface area contributed by atoms with Crippen molar-refractivity contribution in [2.45, 2.75) is 33.6 Å². The summed E-state index contributed by atoms with van der Waals surface area (Å²) in [6.45, 7) is 6.25. The van der Waals surface area contributed by atoms with Crippen LogP contribution in [0, 0.1) is 6.92 Å². The van der Waals surface area contributed by atoms with Gasteiger partial charge in [0.25, 0.3) is 0 Å². The average molecular weight is 246 g/mol.